The first-order chi connectivity index (χ1) is 11.7. The van der Waals surface area contributed by atoms with Crippen LogP contribution in [0.25, 0.3) is 5.82 Å². The van der Waals surface area contributed by atoms with Gasteiger partial charge in [0.25, 0.3) is 0 Å². The minimum absolute atomic E-state index is 0.144. The van der Waals surface area contributed by atoms with Crippen LogP contribution in [0.3, 0.4) is 0 Å². The number of nitrogen functional groups attached to an aromatic ring is 1. The molecule has 0 amide bonds. The van der Waals surface area contributed by atoms with E-state index >= 15 is 0 Å². The van der Waals surface area contributed by atoms with Crippen LogP contribution in [0.5, 0.6) is 0 Å². The molecule has 4 heterocycles. The van der Waals surface area contributed by atoms with Crippen molar-refractivity contribution >= 4 is 11.5 Å². The standard InChI is InChI=1S/C16H18N6O2/c1-11-3-4-12(24-11)13-9-21(7-8-23-13)15-14(17)16(19-10-18-15)22-6-2-5-20-22/h2-6,10,13H,7-9,17H2,1H3. The van der Waals surface area contributed by atoms with Gasteiger partial charge in [0.2, 0.25) is 0 Å². The zero-order valence-electron chi connectivity index (χ0n) is 13.3. The summed E-state index contributed by atoms with van der Waals surface area (Å²) in [7, 11) is 0. The predicted molar refractivity (Wildman–Crippen MR) is 87.9 cm³/mol. The molecule has 1 aliphatic heterocycles. The highest BCUT2D eigenvalue weighted by atomic mass is 16.5. The summed E-state index contributed by atoms with van der Waals surface area (Å²) in [4.78, 5) is 10.7. The summed E-state index contributed by atoms with van der Waals surface area (Å²) in [5.41, 5.74) is 6.80. The Hall–Kier alpha value is -2.87. The molecule has 0 aliphatic carbocycles. The molecule has 1 saturated heterocycles. The molecular weight excluding hydrogens is 308 g/mol. The molecule has 24 heavy (non-hydrogen) atoms. The second-order valence-corrected chi connectivity index (χ2v) is 5.64. The quantitative estimate of drug-likeness (QED) is 0.783. The second kappa shape index (κ2) is 5.97. The van der Waals surface area contributed by atoms with Gasteiger partial charge in [-0.2, -0.15) is 5.10 Å². The van der Waals surface area contributed by atoms with Crippen LogP contribution in [0.1, 0.15) is 17.6 Å². The monoisotopic (exact) mass is 326 g/mol. The highest BCUT2D eigenvalue weighted by Gasteiger charge is 2.27. The minimum Gasteiger partial charge on any atom is -0.464 e. The summed E-state index contributed by atoms with van der Waals surface area (Å²) in [5, 5.41) is 4.19. The van der Waals surface area contributed by atoms with E-state index in [1.165, 1.54) is 6.33 Å². The Morgan fingerprint density at radius 3 is 2.88 bits per heavy atom. The van der Waals surface area contributed by atoms with Gasteiger partial charge in [-0.25, -0.2) is 14.6 Å². The predicted octanol–water partition coefficient (Wildman–Crippen LogP) is 1.72. The van der Waals surface area contributed by atoms with Crippen molar-refractivity contribution in [1.29, 1.82) is 0 Å². The van der Waals surface area contributed by atoms with Crippen LogP contribution in [-0.2, 0) is 4.74 Å². The van der Waals surface area contributed by atoms with Crippen molar-refractivity contribution in [3.63, 3.8) is 0 Å². The van der Waals surface area contributed by atoms with Crippen molar-refractivity contribution in [1.82, 2.24) is 19.7 Å². The Morgan fingerprint density at radius 2 is 2.12 bits per heavy atom. The normalized spacial score (nSPS) is 18.0. The number of nitrogens with zero attached hydrogens (tertiary/aromatic N) is 5. The summed E-state index contributed by atoms with van der Waals surface area (Å²) < 4.78 is 13.2. The molecule has 1 atom stereocenters. The largest absolute Gasteiger partial charge is 0.464 e. The number of hydrogen-bond acceptors (Lipinski definition) is 7. The molecule has 8 nitrogen and oxygen atoms in total. The maximum atomic E-state index is 6.30. The summed E-state index contributed by atoms with van der Waals surface area (Å²) in [6, 6.07) is 5.71. The number of nitrogens with two attached hydrogens (primary N) is 1. The molecule has 0 spiro atoms. The smallest absolute Gasteiger partial charge is 0.181 e. The van der Waals surface area contributed by atoms with E-state index in [0.717, 1.165) is 11.5 Å². The molecule has 0 bridgehead atoms. The third-order valence-corrected chi connectivity index (χ3v) is 4.01. The van der Waals surface area contributed by atoms with Crippen LogP contribution in [0.15, 0.2) is 41.3 Å². The van der Waals surface area contributed by atoms with Crippen LogP contribution in [0.4, 0.5) is 11.5 Å². The Bertz CT molecular complexity index is 829. The fourth-order valence-corrected chi connectivity index (χ4v) is 2.85. The van der Waals surface area contributed by atoms with E-state index in [9.17, 15) is 0 Å². The molecule has 4 rings (SSSR count). The molecule has 2 N–H and O–H groups in total. The van der Waals surface area contributed by atoms with E-state index in [1.54, 1.807) is 17.1 Å². The van der Waals surface area contributed by atoms with Crippen LogP contribution >= 0.6 is 0 Å². The van der Waals surface area contributed by atoms with Crippen molar-refractivity contribution in [3.8, 4) is 5.82 Å². The number of aryl methyl sites for hydroxylation is 1. The first kappa shape index (κ1) is 14.7. The molecule has 0 aromatic carbocycles. The Labute approximate surface area is 138 Å². The van der Waals surface area contributed by atoms with Crippen LogP contribution in [-0.4, -0.2) is 39.4 Å². The van der Waals surface area contributed by atoms with Gasteiger partial charge in [-0.3, -0.25) is 0 Å². The van der Waals surface area contributed by atoms with Crippen molar-refractivity contribution in [2.24, 2.45) is 0 Å². The number of ether oxygens (including phenoxy) is 1. The van der Waals surface area contributed by atoms with Gasteiger partial charge >= 0.3 is 0 Å². The average molecular weight is 326 g/mol. The fourth-order valence-electron chi connectivity index (χ4n) is 2.85. The van der Waals surface area contributed by atoms with Gasteiger partial charge in [0, 0.05) is 18.9 Å². The number of morpholine rings is 1. The third kappa shape index (κ3) is 2.61. The van der Waals surface area contributed by atoms with Crippen molar-refractivity contribution in [3.05, 3.63) is 48.4 Å². The second-order valence-electron chi connectivity index (χ2n) is 5.64. The molecule has 1 fully saturated rings. The lowest BCUT2D eigenvalue weighted by Crippen LogP contribution is -2.39. The topological polar surface area (TPSA) is 95.2 Å². The van der Waals surface area contributed by atoms with E-state index in [0.29, 0.717) is 37.0 Å². The van der Waals surface area contributed by atoms with Gasteiger partial charge < -0.3 is 19.8 Å². The SMILES string of the molecule is Cc1ccc(C2CN(c3ncnc(-n4cccn4)c3N)CCO2)o1. The first-order valence-corrected chi connectivity index (χ1v) is 7.76. The lowest BCUT2D eigenvalue weighted by atomic mass is 10.2. The molecule has 0 saturated carbocycles. The lowest BCUT2D eigenvalue weighted by Gasteiger charge is -2.33. The van der Waals surface area contributed by atoms with Crippen molar-refractivity contribution in [2.45, 2.75) is 13.0 Å². The number of hydrogen-bond donors (Lipinski definition) is 1. The first-order valence-electron chi connectivity index (χ1n) is 7.76. The third-order valence-electron chi connectivity index (χ3n) is 4.01. The van der Waals surface area contributed by atoms with Gasteiger partial charge in [0.05, 0.1) is 13.2 Å². The van der Waals surface area contributed by atoms with Crippen molar-refractivity contribution < 1.29 is 9.15 Å². The molecule has 3 aromatic rings. The number of anilines is 2. The lowest BCUT2D eigenvalue weighted by molar-refractivity contribution is 0.0250. The van der Waals surface area contributed by atoms with Gasteiger partial charge in [0.1, 0.15) is 29.6 Å². The zero-order valence-corrected chi connectivity index (χ0v) is 13.3. The van der Waals surface area contributed by atoms with Crippen LogP contribution in [0, 0.1) is 6.92 Å². The highest BCUT2D eigenvalue weighted by molar-refractivity contribution is 5.70. The molecule has 0 radical (unpaired) electrons. The minimum atomic E-state index is -0.144. The van der Waals surface area contributed by atoms with E-state index in [1.807, 2.05) is 25.1 Å². The molecular formula is C16H18N6O2. The van der Waals surface area contributed by atoms with Crippen molar-refractivity contribution in [2.75, 3.05) is 30.3 Å². The maximum absolute atomic E-state index is 6.30. The van der Waals surface area contributed by atoms with Gasteiger partial charge in [-0.05, 0) is 25.1 Å². The Kier molecular flexibility index (Phi) is 3.66. The Morgan fingerprint density at radius 1 is 1.25 bits per heavy atom. The molecule has 8 heteroatoms. The van der Waals surface area contributed by atoms with E-state index < -0.39 is 0 Å². The fraction of sp³-hybridized carbons (Fsp3) is 0.312. The molecule has 1 unspecified atom stereocenters. The van der Waals surface area contributed by atoms with E-state index in [2.05, 4.69) is 20.0 Å². The van der Waals surface area contributed by atoms with Crippen LogP contribution < -0.4 is 10.6 Å². The summed E-state index contributed by atoms with van der Waals surface area (Å²) >= 11 is 0. The Balaban J connectivity index is 1.62. The summed E-state index contributed by atoms with van der Waals surface area (Å²) in [6.45, 7) is 3.82. The highest BCUT2D eigenvalue weighted by Crippen LogP contribution is 2.30. The van der Waals surface area contributed by atoms with Crippen LogP contribution in [0.2, 0.25) is 0 Å². The number of rotatable bonds is 3. The maximum Gasteiger partial charge on any atom is 0.181 e. The number of aromatic nitrogens is 4. The average Bonchev–Trinajstić information content (AvgIpc) is 3.27. The molecule has 1 aliphatic rings. The molecule has 124 valence electrons. The summed E-state index contributed by atoms with van der Waals surface area (Å²) in [5.74, 6) is 2.94. The zero-order chi connectivity index (χ0) is 16.5. The summed E-state index contributed by atoms with van der Waals surface area (Å²) in [6.07, 6.45) is 4.85. The number of furan rings is 1. The van der Waals surface area contributed by atoms with E-state index in [-0.39, 0.29) is 6.10 Å². The van der Waals surface area contributed by atoms with Gasteiger partial charge in [-0.1, -0.05) is 0 Å². The van der Waals surface area contributed by atoms with E-state index in [4.69, 9.17) is 14.9 Å². The molecule has 3 aromatic heterocycles. The van der Waals surface area contributed by atoms with Gasteiger partial charge in [-0.15, -0.1) is 0 Å². The van der Waals surface area contributed by atoms with Gasteiger partial charge in [0.15, 0.2) is 11.6 Å².